The molecule has 0 bridgehead atoms. The van der Waals surface area contributed by atoms with Crippen LogP contribution in [0.2, 0.25) is 0 Å². The Hall–Kier alpha value is -2.28. The zero-order valence-corrected chi connectivity index (χ0v) is 11.0. The SMILES string of the molecule is C#CC1CC(=O)N(c2ccc(C(=O)OC)cc2C)C1. The summed E-state index contributed by atoms with van der Waals surface area (Å²) in [5.41, 5.74) is 2.13. The molecule has 0 aromatic heterocycles. The number of amides is 1. The number of ether oxygens (including phenoxy) is 1. The van der Waals surface area contributed by atoms with E-state index in [1.165, 1.54) is 7.11 Å². The lowest BCUT2D eigenvalue weighted by Crippen LogP contribution is -2.25. The van der Waals surface area contributed by atoms with Crippen molar-refractivity contribution in [3.05, 3.63) is 29.3 Å². The van der Waals surface area contributed by atoms with Crippen molar-refractivity contribution >= 4 is 17.6 Å². The number of carbonyl (C=O) groups is 2. The molecule has 1 saturated heterocycles. The maximum atomic E-state index is 11.9. The van der Waals surface area contributed by atoms with Gasteiger partial charge in [0, 0.05) is 24.6 Å². The van der Waals surface area contributed by atoms with Gasteiger partial charge in [0.05, 0.1) is 12.7 Å². The van der Waals surface area contributed by atoms with Crippen LogP contribution in [0.15, 0.2) is 18.2 Å². The first-order valence-corrected chi connectivity index (χ1v) is 6.02. The zero-order valence-electron chi connectivity index (χ0n) is 11.0. The third kappa shape index (κ3) is 2.45. The summed E-state index contributed by atoms with van der Waals surface area (Å²) in [7, 11) is 1.34. The molecule has 0 radical (unpaired) electrons. The topological polar surface area (TPSA) is 46.6 Å². The highest BCUT2D eigenvalue weighted by atomic mass is 16.5. The average molecular weight is 257 g/mol. The van der Waals surface area contributed by atoms with E-state index in [-0.39, 0.29) is 17.8 Å². The second-order valence-electron chi connectivity index (χ2n) is 4.56. The first-order chi connectivity index (χ1) is 9.06. The van der Waals surface area contributed by atoms with Gasteiger partial charge < -0.3 is 9.64 Å². The van der Waals surface area contributed by atoms with Crippen molar-refractivity contribution in [3.63, 3.8) is 0 Å². The second-order valence-corrected chi connectivity index (χ2v) is 4.56. The summed E-state index contributed by atoms with van der Waals surface area (Å²) in [6.45, 7) is 2.39. The van der Waals surface area contributed by atoms with Gasteiger partial charge in [-0.05, 0) is 30.7 Å². The molecule has 0 N–H and O–H groups in total. The van der Waals surface area contributed by atoms with E-state index in [1.807, 2.05) is 6.92 Å². The van der Waals surface area contributed by atoms with E-state index in [9.17, 15) is 9.59 Å². The van der Waals surface area contributed by atoms with Crippen LogP contribution in [0, 0.1) is 25.2 Å². The molecule has 0 spiro atoms. The van der Waals surface area contributed by atoms with Crippen molar-refractivity contribution in [1.82, 2.24) is 0 Å². The summed E-state index contributed by atoms with van der Waals surface area (Å²) >= 11 is 0. The zero-order chi connectivity index (χ0) is 14.0. The van der Waals surface area contributed by atoms with Gasteiger partial charge in [-0.2, -0.15) is 0 Å². The summed E-state index contributed by atoms with van der Waals surface area (Å²) in [5, 5.41) is 0. The van der Waals surface area contributed by atoms with E-state index in [4.69, 9.17) is 6.42 Å². The van der Waals surface area contributed by atoms with Crippen molar-refractivity contribution in [1.29, 1.82) is 0 Å². The molecular weight excluding hydrogens is 242 g/mol. The predicted octanol–water partition coefficient (Wildman–Crippen LogP) is 1.77. The van der Waals surface area contributed by atoms with Gasteiger partial charge in [0.15, 0.2) is 0 Å². The lowest BCUT2D eigenvalue weighted by Gasteiger charge is -2.19. The molecule has 0 saturated carbocycles. The molecule has 19 heavy (non-hydrogen) atoms. The highest BCUT2D eigenvalue weighted by Gasteiger charge is 2.30. The van der Waals surface area contributed by atoms with Crippen molar-refractivity contribution in [2.24, 2.45) is 5.92 Å². The number of anilines is 1. The molecule has 1 amide bonds. The van der Waals surface area contributed by atoms with E-state index in [0.29, 0.717) is 18.5 Å². The van der Waals surface area contributed by atoms with Crippen LogP contribution in [0.5, 0.6) is 0 Å². The van der Waals surface area contributed by atoms with Gasteiger partial charge in [0.25, 0.3) is 0 Å². The molecule has 1 aliphatic rings. The van der Waals surface area contributed by atoms with E-state index in [0.717, 1.165) is 11.3 Å². The molecule has 0 aliphatic carbocycles. The first-order valence-electron chi connectivity index (χ1n) is 6.02. The van der Waals surface area contributed by atoms with Gasteiger partial charge in [0.2, 0.25) is 5.91 Å². The minimum atomic E-state index is -0.385. The molecule has 1 atom stereocenters. The Labute approximate surface area is 112 Å². The summed E-state index contributed by atoms with van der Waals surface area (Å²) in [4.78, 5) is 25.0. The van der Waals surface area contributed by atoms with Crippen LogP contribution in [0.3, 0.4) is 0 Å². The number of hydrogen-bond acceptors (Lipinski definition) is 3. The standard InChI is InChI=1S/C15H15NO3/c1-4-11-8-14(17)16(9-11)13-6-5-12(7-10(13)2)15(18)19-3/h1,5-7,11H,8-9H2,2-3H3. The molecule has 1 aliphatic heterocycles. The Morgan fingerprint density at radius 2 is 2.26 bits per heavy atom. The van der Waals surface area contributed by atoms with Gasteiger partial charge in [0.1, 0.15) is 0 Å². The fourth-order valence-electron chi connectivity index (χ4n) is 2.26. The number of benzene rings is 1. The summed E-state index contributed by atoms with van der Waals surface area (Å²) < 4.78 is 4.67. The van der Waals surface area contributed by atoms with Crippen LogP contribution in [0.25, 0.3) is 0 Å². The highest BCUT2D eigenvalue weighted by Crippen LogP contribution is 2.28. The predicted molar refractivity (Wildman–Crippen MR) is 71.8 cm³/mol. The molecule has 1 unspecified atom stereocenters. The molecule has 1 fully saturated rings. The van der Waals surface area contributed by atoms with E-state index < -0.39 is 0 Å². The minimum Gasteiger partial charge on any atom is -0.465 e. The van der Waals surface area contributed by atoms with E-state index in [1.54, 1.807) is 23.1 Å². The molecule has 4 heteroatoms. The molecule has 1 heterocycles. The number of hydrogen-bond donors (Lipinski definition) is 0. The number of carbonyl (C=O) groups excluding carboxylic acids is 2. The van der Waals surface area contributed by atoms with Crippen molar-refractivity contribution in [3.8, 4) is 12.3 Å². The third-order valence-electron chi connectivity index (χ3n) is 3.27. The molecule has 98 valence electrons. The Morgan fingerprint density at radius 3 is 2.79 bits per heavy atom. The number of methoxy groups -OCH3 is 1. The van der Waals surface area contributed by atoms with Gasteiger partial charge in [-0.25, -0.2) is 4.79 Å². The van der Waals surface area contributed by atoms with Crippen LogP contribution < -0.4 is 4.90 Å². The van der Waals surface area contributed by atoms with Crippen LogP contribution in [0.1, 0.15) is 22.3 Å². The van der Waals surface area contributed by atoms with Crippen molar-refractivity contribution in [2.45, 2.75) is 13.3 Å². The smallest absolute Gasteiger partial charge is 0.337 e. The van der Waals surface area contributed by atoms with Crippen molar-refractivity contribution < 1.29 is 14.3 Å². The lowest BCUT2D eigenvalue weighted by atomic mass is 10.1. The Balaban J connectivity index is 2.30. The Morgan fingerprint density at radius 1 is 1.53 bits per heavy atom. The Bertz CT molecular complexity index is 571. The van der Waals surface area contributed by atoms with Crippen LogP contribution in [0.4, 0.5) is 5.69 Å². The minimum absolute atomic E-state index is 0.0249. The molecule has 4 nitrogen and oxygen atoms in total. The quantitative estimate of drug-likeness (QED) is 0.599. The van der Waals surface area contributed by atoms with Crippen molar-refractivity contribution in [2.75, 3.05) is 18.6 Å². The summed E-state index contributed by atoms with van der Waals surface area (Å²) in [6, 6.07) is 5.14. The molecular formula is C15H15NO3. The molecule has 1 aromatic carbocycles. The normalized spacial score (nSPS) is 18.3. The number of rotatable bonds is 2. The fraction of sp³-hybridized carbons (Fsp3) is 0.333. The number of nitrogens with zero attached hydrogens (tertiary/aromatic N) is 1. The van der Waals surface area contributed by atoms with Gasteiger partial charge >= 0.3 is 5.97 Å². The lowest BCUT2D eigenvalue weighted by molar-refractivity contribution is -0.117. The third-order valence-corrected chi connectivity index (χ3v) is 3.27. The maximum Gasteiger partial charge on any atom is 0.337 e. The van der Waals surface area contributed by atoms with Crippen LogP contribution >= 0.6 is 0 Å². The van der Waals surface area contributed by atoms with Crippen LogP contribution in [-0.4, -0.2) is 25.5 Å². The average Bonchev–Trinajstić information content (AvgIpc) is 2.79. The number of esters is 1. The van der Waals surface area contributed by atoms with Gasteiger partial charge in [-0.3, -0.25) is 4.79 Å². The van der Waals surface area contributed by atoms with Crippen LogP contribution in [-0.2, 0) is 9.53 Å². The second kappa shape index (κ2) is 5.15. The number of terminal acetylenes is 1. The molecule has 1 aromatic rings. The molecule has 2 rings (SSSR count). The summed E-state index contributed by atoms with van der Waals surface area (Å²) in [5.74, 6) is 2.22. The monoisotopic (exact) mass is 257 g/mol. The number of aryl methyl sites for hydroxylation is 1. The van der Waals surface area contributed by atoms with Gasteiger partial charge in [-0.1, -0.05) is 0 Å². The Kier molecular flexibility index (Phi) is 3.57. The first kappa shape index (κ1) is 13.2. The largest absolute Gasteiger partial charge is 0.465 e. The fourth-order valence-corrected chi connectivity index (χ4v) is 2.26. The van der Waals surface area contributed by atoms with Gasteiger partial charge in [-0.15, -0.1) is 12.3 Å². The van der Waals surface area contributed by atoms with E-state index in [2.05, 4.69) is 10.7 Å². The summed E-state index contributed by atoms with van der Waals surface area (Å²) in [6.07, 6.45) is 5.75. The maximum absolute atomic E-state index is 11.9. The van der Waals surface area contributed by atoms with E-state index >= 15 is 0 Å². The highest BCUT2D eigenvalue weighted by molar-refractivity contribution is 5.98.